The fourth-order valence-electron chi connectivity index (χ4n) is 8.98. The summed E-state index contributed by atoms with van der Waals surface area (Å²) >= 11 is 0. The van der Waals surface area contributed by atoms with Gasteiger partial charge in [0.05, 0.1) is 17.3 Å². The van der Waals surface area contributed by atoms with Gasteiger partial charge in [-0.2, -0.15) is 0 Å². The van der Waals surface area contributed by atoms with Crippen molar-refractivity contribution in [2.75, 3.05) is 48.3 Å². The maximum absolute atomic E-state index is 13.5. The normalized spacial score (nSPS) is 24.0. The summed E-state index contributed by atoms with van der Waals surface area (Å²) in [7, 11) is 0. The summed E-state index contributed by atoms with van der Waals surface area (Å²) in [6.07, 6.45) is 12.6. The van der Waals surface area contributed by atoms with E-state index in [2.05, 4.69) is 55.0 Å². The first kappa shape index (κ1) is 35.8. The van der Waals surface area contributed by atoms with Crippen molar-refractivity contribution in [2.45, 2.75) is 88.6 Å². The van der Waals surface area contributed by atoms with Gasteiger partial charge in [-0.15, -0.1) is 0 Å². The van der Waals surface area contributed by atoms with Crippen LogP contribution in [0.25, 0.3) is 0 Å². The number of imide groups is 2. The van der Waals surface area contributed by atoms with Crippen LogP contribution in [0.2, 0.25) is 0 Å². The number of likely N-dealkylation sites (tertiary alicyclic amines) is 1. The lowest BCUT2D eigenvalue weighted by Crippen LogP contribution is -2.54. The average Bonchev–Trinajstić information content (AvgIpc) is 3.45. The van der Waals surface area contributed by atoms with E-state index < -0.39 is 23.8 Å². The number of aldehydes is 1. The molecule has 0 radical (unpaired) electrons. The number of benzene rings is 2. The molecule has 54 heavy (non-hydrogen) atoms. The second-order valence-corrected chi connectivity index (χ2v) is 15.5. The topological polar surface area (TPSA) is 157 Å². The van der Waals surface area contributed by atoms with Crippen molar-refractivity contribution < 1.29 is 24.0 Å². The number of aromatic nitrogens is 2. The number of rotatable bonds is 10. The summed E-state index contributed by atoms with van der Waals surface area (Å²) in [5.74, 6) is 0.483. The molecule has 13 nitrogen and oxygen atoms in total. The predicted octanol–water partition coefficient (Wildman–Crippen LogP) is 5.27. The summed E-state index contributed by atoms with van der Waals surface area (Å²) in [6.45, 7) is 5.15. The third kappa shape index (κ3) is 7.46. The Morgan fingerprint density at radius 2 is 1.59 bits per heavy atom. The van der Waals surface area contributed by atoms with Crippen molar-refractivity contribution in [1.29, 1.82) is 0 Å². The van der Waals surface area contributed by atoms with Gasteiger partial charge < -0.3 is 20.4 Å². The third-order valence-corrected chi connectivity index (χ3v) is 12.0. The summed E-state index contributed by atoms with van der Waals surface area (Å²) in [6, 6.07) is 13.0. The van der Waals surface area contributed by atoms with Crippen molar-refractivity contribution in [1.82, 2.24) is 25.1 Å². The molecule has 1 atom stereocenters. The van der Waals surface area contributed by atoms with Gasteiger partial charge in [0.25, 0.3) is 11.8 Å². The largest absolute Gasteiger partial charge is 0.382 e. The molecule has 8 rings (SSSR count). The second kappa shape index (κ2) is 15.7. The first-order chi connectivity index (χ1) is 26.3. The van der Waals surface area contributed by atoms with Gasteiger partial charge in [-0.3, -0.25) is 34.2 Å². The van der Waals surface area contributed by atoms with Crippen LogP contribution in [0.15, 0.2) is 48.7 Å². The standard InChI is InChI=1S/C41H48N8O5/c50-25-33-38(45-35(23-42-33)48-19-2-1-3-20-48)44-30-13-9-27(10-14-30)28-17-21-47(22-18-28)24-26-7-11-29(12-8-26)43-32-6-4-5-31-37(32)41(54)49(40(31)53)34-15-16-36(51)46-39(34)52/h4-6,9-10,13-14,23,25-26,28-29,34,43H,1-3,7-8,11-12,15-22,24H2,(H,44,45)(H,46,51,52). The van der Waals surface area contributed by atoms with Crippen molar-refractivity contribution in [2.24, 2.45) is 5.92 Å². The monoisotopic (exact) mass is 732 g/mol. The van der Waals surface area contributed by atoms with E-state index >= 15 is 0 Å². The van der Waals surface area contributed by atoms with Gasteiger partial charge in [0.2, 0.25) is 11.8 Å². The molecule has 1 aromatic heterocycles. The Morgan fingerprint density at radius 3 is 2.31 bits per heavy atom. The molecule has 1 saturated carbocycles. The Balaban J connectivity index is 0.803. The highest BCUT2D eigenvalue weighted by atomic mass is 16.2. The summed E-state index contributed by atoms with van der Waals surface area (Å²) in [5, 5.41) is 9.16. The molecule has 2 aromatic carbocycles. The quantitative estimate of drug-likeness (QED) is 0.184. The summed E-state index contributed by atoms with van der Waals surface area (Å²) < 4.78 is 0. The van der Waals surface area contributed by atoms with Gasteiger partial charge >= 0.3 is 0 Å². The Labute approximate surface area is 315 Å². The smallest absolute Gasteiger partial charge is 0.264 e. The third-order valence-electron chi connectivity index (χ3n) is 12.0. The van der Waals surface area contributed by atoms with E-state index in [1.807, 2.05) is 6.07 Å². The minimum Gasteiger partial charge on any atom is -0.382 e. The van der Waals surface area contributed by atoms with Gasteiger partial charge in [0.1, 0.15) is 17.6 Å². The van der Waals surface area contributed by atoms with E-state index in [1.54, 1.807) is 18.3 Å². The Morgan fingerprint density at radius 1 is 0.833 bits per heavy atom. The number of nitrogens with zero attached hydrogens (tertiary/aromatic N) is 5. The van der Waals surface area contributed by atoms with Crippen LogP contribution in [0.3, 0.4) is 0 Å². The molecule has 4 aliphatic heterocycles. The molecule has 282 valence electrons. The maximum Gasteiger partial charge on any atom is 0.264 e. The molecule has 3 aromatic rings. The maximum atomic E-state index is 13.5. The molecule has 13 heteroatoms. The van der Waals surface area contributed by atoms with Gasteiger partial charge in [0, 0.05) is 43.5 Å². The number of carbonyl (C=O) groups is 5. The van der Waals surface area contributed by atoms with E-state index in [1.165, 1.54) is 12.0 Å². The lowest BCUT2D eigenvalue weighted by Gasteiger charge is -2.37. The Kier molecular flexibility index (Phi) is 10.4. The molecule has 1 unspecified atom stereocenters. The van der Waals surface area contributed by atoms with E-state index in [0.717, 1.165) is 107 Å². The van der Waals surface area contributed by atoms with Gasteiger partial charge in [-0.25, -0.2) is 9.97 Å². The van der Waals surface area contributed by atoms with Crippen LogP contribution in [0.1, 0.15) is 113 Å². The molecule has 5 aliphatic rings. The zero-order valence-electron chi connectivity index (χ0n) is 30.6. The lowest BCUT2D eigenvalue weighted by molar-refractivity contribution is -0.136. The molecule has 4 fully saturated rings. The number of amides is 4. The second-order valence-electron chi connectivity index (χ2n) is 15.5. The molecular weight excluding hydrogens is 685 g/mol. The van der Waals surface area contributed by atoms with Crippen molar-refractivity contribution in [3.63, 3.8) is 0 Å². The zero-order valence-corrected chi connectivity index (χ0v) is 30.6. The minimum atomic E-state index is -0.973. The molecule has 1 aliphatic carbocycles. The minimum absolute atomic E-state index is 0.0967. The highest BCUT2D eigenvalue weighted by molar-refractivity contribution is 6.25. The number of nitrogens with one attached hydrogen (secondary N) is 3. The van der Waals surface area contributed by atoms with Crippen molar-refractivity contribution in [3.05, 3.63) is 71.0 Å². The molecule has 0 spiro atoms. The number of piperidine rings is 3. The van der Waals surface area contributed by atoms with Crippen LogP contribution in [0, 0.1) is 5.92 Å². The molecule has 3 saturated heterocycles. The molecule has 5 heterocycles. The molecular formula is C41H48N8O5. The number of hydrogen-bond acceptors (Lipinski definition) is 11. The number of anilines is 4. The van der Waals surface area contributed by atoms with E-state index in [9.17, 15) is 24.0 Å². The fraction of sp³-hybridized carbons (Fsp3) is 0.488. The SMILES string of the molecule is O=Cc1ncc(N2CCCCC2)nc1Nc1ccc(C2CCN(CC3CCC(Nc4cccc5c4C(=O)N(C4CCC(=O)NC4=O)C5=O)CC3)CC2)cc1. The van der Waals surface area contributed by atoms with Crippen LogP contribution in [0.5, 0.6) is 0 Å². The molecule has 3 N–H and O–H groups in total. The first-order valence-electron chi connectivity index (χ1n) is 19.6. The van der Waals surface area contributed by atoms with Crippen LogP contribution < -0.4 is 20.9 Å². The van der Waals surface area contributed by atoms with E-state index in [-0.39, 0.29) is 24.8 Å². The van der Waals surface area contributed by atoms with E-state index in [4.69, 9.17) is 4.98 Å². The van der Waals surface area contributed by atoms with Crippen molar-refractivity contribution in [3.8, 4) is 0 Å². The van der Waals surface area contributed by atoms with Gasteiger partial charge in [-0.1, -0.05) is 18.2 Å². The van der Waals surface area contributed by atoms with Gasteiger partial charge in [-0.05, 0) is 119 Å². The number of carbonyl (C=O) groups excluding carboxylic acids is 5. The van der Waals surface area contributed by atoms with Crippen LogP contribution in [0.4, 0.5) is 23.0 Å². The van der Waals surface area contributed by atoms with Crippen LogP contribution >= 0.6 is 0 Å². The highest BCUT2D eigenvalue weighted by Crippen LogP contribution is 2.36. The van der Waals surface area contributed by atoms with E-state index in [0.29, 0.717) is 40.2 Å². The Hall–Kier alpha value is -5.17. The Bertz CT molecular complexity index is 1910. The van der Waals surface area contributed by atoms with Crippen molar-refractivity contribution >= 4 is 52.9 Å². The highest BCUT2D eigenvalue weighted by Gasteiger charge is 2.46. The van der Waals surface area contributed by atoms with Crippen LogP contribution in [-0.4, -0.2) is 94.5 Å². The van der Waals surface area contributed by atoms with Gasteiger partial charge in [0.15, 0.2) is 12.1 Å². The summed E-state index contributed by atoms with van der Waals surface area (Å²) in [4.78, 5) is 77.7. The number of fused-ring (bicyclic) bond motifs is 1. The fourth-order valence-corrected chi connectivity index (χ4v) is 8.98. The first-order valence-corrected chi connectivity index (χ1v) is 19.6. The molecule has 4 amide bonds. The predicted molar refractivity (Wildman–Crippen MR) is 204 cm³/mol. The lowest BCUT2D eigenvalue weighted by atomic mass is 9.84. The van der Waals surface area contributed by atoms with Crippen LogP contribution in [-0.2, 0) is 9.59 Å². The average molecular weight is 733 g/mol. The molecule has 0 bridgehead atoms. The summed E-state index contributed by atoms with van der Waals surface area (Å²) in [5.41, 5.74) is 3.80. The number of hydrogen-bond donors (Lipinski definition) is 3. The zero-order chi connectivity index (χ0) is 37.2.